The van der Waals surface area contributed by atoms with E-state index in [1.165, 1.54) is 19.3 Å². The van der Waals surface area contributed by atoms with Gasteiger partial charge in [-0.05, 0) is 43.7 Å². The first-order valence-corrected chi connectivity index (χ1v) is 7.82. The second-order valence-electron chi connectivity index (χ2n) is 5.04. The van der Waals surface area contributed by atoms with Crippen LogP contribution >= 0.6 is 15.9 Å². The topological polar surface area (TPSA) is 20.2 Å². The van der Waals surface area contributed by atoms with Crippen molar-refractivity contribution in [1.29, 1.82) is 0 Å². The van der Waals surface area contributed by atoms with Gasteiger partial charge in [-0.3, -0.25) is 0 Å². The van der Waals surface area contributed by atoms with Gasteiger partial charge in [-0.15, -0.1) is 0 Å². The number of hydrogen-bond acceptors (Lipinski definition) is 1. The molecule has 2 aliphatic carbocycles. The van der Waals surface area contributed by atoms with Crippen LogP contribution in [-0.2, 0) is 17.1 Å². The van der Waals surface area contributed by atoms with Crippen LogP contribution < -0.4 is 0 Å². The molecular formula is C19H27AcBrFeO. The van der Waals surface area contributed by atoms with Gasteiger partial charge in [-0.25, -0.2) is 0 Å². The summed E-state index contributed by atoms with van der Waals surface area (Å²) in [5.74, 6) is 0.286. The molecule has 0 amide bonds. The Bertz CT molecular complexity index is 456. The molecule has 0 aliphatic heterocycles. The zero-order valence-corrected chi connectivity index (χ0v) is 21.5. The molecule has 1 nitrogen and oxygen atoms in total. The quantitative estimate of drug-likeness (QED) is 0.238. The average molecular weight is 634 g/mol. The molecule has 1 aromatic rings. The number of halogens is 1. The standard InChI is InChI=1S/C12H13BrO.C5H8.2CH3.Ac.Fe/c13-11-8-4-3-7-10(11)12(14)9-5-1-2-6-9;1-2-4-5-3-1;;;;/h1,3-5,7-9,12,14H,2,6H2;1-2H,3-5H2;2*1H3;;/q;;2*-1;;+2/t9-,12?;;;;;/m0...../s1. The summed E-state index contributed by atoms with van der Waals surface area (Å²) in [6.07, 6.45) is 14.5. The van der Waals surface area contributed by atoms with Gasteiger partial charge in [-0.1, -0.05) is 58.4 Å². The largest absolute Gasteiger partial charge is 2.00 e. The Balaban J connectivity index is -0.000000389. The summed E-state index contributed by atoms with van der Waals surface area (Å²) in [5, 5.41) is 10.1. The van der Waals surface area contributed by atoms with E-state index in [9.17, 15) is 5.11 Å². The summed E-state index contributed by atoms with van der Waals surface area (Å²) < 4.78 is 0.993. The van der Waals surface area contributed by atoms with E-state index < -0.39 is 0 Å². The molecule has 2 atom stereocenters. The fourth-order valence-electron chi connectivity index (χ4n) is 2.45. The first-order valence-electron chi connectivity index (χ1n) is 7.03. The minimum absolute atomic E-state index is 0. The van der Waals surface area contributed by atoms with E-state index in [-0.39, 0.29) is 88.0 Å². The van der Waals surface area contributed by atoms with Gasteiger partial charge in [0, 0.05) is 54.5 Å². The first-order chi connectivity index (χ1) is 9.29. The summed E-state index contributed by atoms with van der Waals surface area (Å²) in [6, 6.07) is 7.87. The number of aliphatic hydroxyl groups excluding tert-OH is 1. The molecule has 0 heterocycles. The van der Waals surface area contributed by atoms with E-state index in [1.807, 2.05) is 24.3 Å². The zero-order chi connectivity index (χ0) is 13.5. The molecule has 1 radical (unpaired) electrons. The van der Waals surface area contributed by atoms with Crippen LogP contribution in [0.2, 0.25) is 0 Å². The normalized spacial score (nSPS) is 18.3. The molecule has 0 aromatic heterocycles. The Hall–Kier alpha value is 1.10. The van der Waals surface area contributed by atoms with E-state index in [4.69, 9.17) is 0 Å². The Morgan fingerprint density at radius 1 is 1.00 bits per heavy atom. The minimum atomic E-state index is -0.371. The number of hydrogen-bond donors (Lipinski definition) is 1. The van der Waals surface area contributed by atoms with Crippen molar-refractivity contribution in [2.24, 2.45) is 5.92 Å². The molecule has 0 spiro atoms. The SMILES string of the molecule is C1=CCCC1.OC(c1ccccc1Br)[C@H]1C=CCC1.[Ac].[CH3-].[CH3-].[Fe+2]. The van der Waals surface area contributed by atoms with E-state index in [1.54, 1.807) is 0 Å². The van der Waals surface area contributed by atoms with Crippen molar-refractivity contribution < 1.29 is 66.2 Å². The Kier molecular flexibility index (Phi) is 20.8. The molecule has 1 aromatic carbocycles. The van der Waals surface area contributed by atoms with Gasteiger partial charge in [0.05, 0.1) is 6.10 Å². The zero-order valence-electron chi connectivity index (χ0n) is 14.1. The molecule has 3 rings (SSSR count). The van der Waals surface area contributed by atoms with Crippen molar-refractivity contribution in [2.75, 3.05) is 0 Å². The molecule has 4 heteroatoms. The first kappa shape index (κ1) is 28.9. The van der Waals surface area contributed by atoms with Crippen LogP contribution in [0.1, 0.15) is 43.8 Å². The third-order valence-corrected chi connectivity index (χ3v) is 4.31. The molecule has 0 fully saturated rings. The van der Waals surface area contributed by atoms with Crippen LogP contribution in [0.3, 0.4) is 0 Å². The molecule has 23 heavy (non-hydrogen) atoms. The molecule has 0 saturated heterocycles. The molecule has 2 aliphatic rings. The van der Waals surface area contributed by atoms with Gasteiger partial charge in [0.25, 0.3) is 0 Å². The van der Waals surface area contributed by atoms with Gasteiger partial charge in [0.15, 0.2) is 0 Å². The predicted molar refractivity (Wildman–Crippen MR) is 96.8 cm³/mol. The van der Waals surface area contributed by atoms with Crippen LogP contribution in [0.4, 0.5) is 0 Å². The molecule has 127 valence electrons. The molecular weight excluding hydrogens is 607 g/mol. The number of benzene rings is 1. The fourth-order valence-corrected chi connectivity index (χ4v) is 2.97. The van der Waals surface area contributed by atoms with E-state index in [0.717, 1.165) is 22.9 Å². The van der Waals surface area contributed by atoms with Crippen molar-refractivity contribution in [2.45, 2.75) is 38.2 Å². The van der Waals surface area contributed by atoms with E-state index >= 15 is 0 Å². The Morgan fingerprint density at radius 3 is 2.04 bits per heavy atom. The maximum absolute atomic E-state index is 10.1. The van der Waals surface area contributed by atoms with E-state index in [2.05, 4.69) is 40.2 Å². The van der Waals surface area contributed by atoms with Crippen LogP contribution in [-0.4, -0.2) is 5.11 Å². The van der Waals surface area contributed by atoms with Crippen molar-refractivity contribution in [3.63, 3.8) is 0 Å². The predicted octanol–water partition coefficient (Wildman–Crippen LogP) is 6.07. The maximum Gasteiger partial charge on any atom is 2.00 e. The van der Waals surface area contributed by atoms with Gasteiger partial charge in [0.2, 0.25) is 0 Å². The summed E-state index contributed by atoms with van der Waals surface area (Å²) in [5.41, 5.74) is 0.990. The van der Waals surface area contributed by atoms with Crippen LogP contribution in [0.25, 0.3) is 0 Å². The summed E-state index contributed by atoms with van der Waals surface area (Å²) in [4.78, 5) is 0. The maximum atomic E-state index is 10.1. The average Bonchev–Trinajstić information content (AvgIpc) is 3.14. The summed E-state index contributed by atoms with van der Waals surface area (Å²) in [7, 11) is 0. The van der Waals surface area contributed by atoms with Gasteiger partial charge in [0.1, 0.15) is 0 Å². The Labute approximate surface area is 197 Å². The molecule has 1 N–H and O–H groups in total. The summed E-state index contributed by atoms with van der Waals surface area (Å²) >= 11 is 3.46. The third kappa shape index (κ3) is 9.98. The van der Waals surface area contributed by atoms with Crippen LogP contribution in [0, 0.1) is 64.8 Å². The Morgan fingerprint density at radius 2 is 1.61 bits per heavy atom. The van der Waals surface area contributed by atoms with Crippen LogP contribution in [0.5, 0.6) is 0 Å². The second-order valence-corrected chi connectivity index (χ2v) is 5.89. The monoisotopic (exact) mass is 633 g/mol. The van der Waals surface area contributed by atoms with Gasteiger partial charge < -0.3 is 20.0 Å². The van der Waals surface area contributed by atoms with Crippen molar-refractivity contribution in [3.8, 4) is 0 Å². The number of allylic oxidation sites excluding steroid dienone is 3. The van der Waals surface area contributed by atoms with Gasteiger partial charge in [-0.2, -0.15) is 0 Å². The minimum Gasteiger partial charge on any atom is -0.388 e. The fraction of sp³-hybridized carbons (Fsp3) is 0.368. The smallest absolute Gasteiger partial charge is 0.388 e. The van der Waals surface area contributed by atoms with Crippen LogP contribution in [0.15, 0.2) is 53.0 Å². The third-order valence-electron chi connectivity index (χ3n) is 3.59. The number of rotatable bonds is 2. The van der Waals surface area contributed by atoms with Crippen molar-refractivity contribution in [3.05, 3.63) is 73.5 Å². The summed E-state index contributed by atoms with van der Waals surface area (Å²) in [6.45, 7) is 0. The second kappa shape index (κ2) is 16.6. The number of aliphatic hydroxyl groups is 1. The molecule has 0 bridgehead atoms. The van der Waals surface area contributed by atoms with Crippen molar-refractivity contribution in [1.82, 2.24) is 0 Å². The molecule has 0 saturated carbocycles. The van der Waals surface area contributed by atoms with Gasteiger partial charge >= 0.3 is 17.1 Å². The van der Waals surface area contributed by atoms with Crippen molar-refractivity contribution >= 4 is 15.9 Å². The van der Waals surface area contributed by atoms with E-state index in [0.29, 0.717) is 0 Å². The molecule has 1 unspecified atom stereocenters.